The minimum Gasteiger partial charge on any atom is -0.179 e. The van der Waals surface area contributed by atoms with Gasteiger partial charge in [-0.2, -0.15) is 59.7 Å². The van der Waals surface area contributed by atoms with E-state index in [1.54, 1.807) is 0 Å². The molecule has 3 heteroatoms. The molecule has 0 spiro atoms. The van der Waals surface area contributed by atoms with Crippen molar-refractivity contribution in [3.63, 3.8) is 0 Å². The zero-order valence-electron chi connectivity index (χ0n) is 15.8. The van der Waals surface area contributed by atoms with Crippen LogP contribution < -0.4 is 0 Å². The molecule has 0 aromatic heterocycles. The molecular formula is C26H18Cl2Ti-2. The fourth-order valence-electron chi connectivity index (χ4n) is 4.00. The molecule has 0 saturated heterocycles. The van der Waals surface area contributed by atoms with Crippen molar-refractivity contribution in [2.75, 3.05) is 0 Å². The zero-order chi connectivity index (χ0) is 20.1. The van der Waals surface area contributed by atoms with Gasteiger partial charge in [-0.05, 0) is 12.8 Å². The number of fused-ring (bicyclic) bond motifs is 6. The van der Waals surface area contributed by atoms with Gasteiger partial charge < -0.3 is 0 Å². The molecule has 0 radical (unpaired) electrons. The first kappa shape index (κ1) is 20.4. The topological polar surface area (TPSA) is 0 Å². The first-order valence-corrected chi connectivity index (χ1v) is 13.7. The Hall–Kier alpha value is -1.83. The average molecular weight is 449 g/mol. The Morgan fingerprint density at radius 3 is 1.38 bits per heavy atom. The molecule has 0 bridgehead atoms. The van der Waals surface area contributed by atoms with Gasteiger partial charge in [0.15, 0.2) is 0 Å². The van der Waals surface area contributed by atoms with Gasteiger partial charge in [0.1, 0.15) is 0 Å². The predicted octanol–water partition coefficient (Wildman–Crippen LogP) is 7.49. The summed E-state index contributed by atoms with van der Waals surface area (Å²) >= 11 is -0.556. The summed E-state index contributed by atoms with van der Waals surface area (Å²) in [7, 11) is 9.78. The molecule has 4 aromatic rings. The van der Waals surface area contributed by atoms with E-state index in [9.17, 15) is 0 Å². The number of benzene rings is 4. The van der Waals surface area contributed by atoms with E-state index in [-0.39, 0.29) is 0 Å². The number of rotatable bonds is 0. The summed E-state index contributed by atoms with van der Waals surface area (Å²) < 4.78 is 0. The van der Waals surface area contributed by atoms with Gasteiger partial charge in [0.2, 0.25) is 0 Å². The standard InChI is InChI=1S/2C13H9.2ClH.Ti/c2*1-3-7-12-10(5-1)9-11-6-2-4-8-13(11)12;;;/h2*1-5,7-8H,9H2;2*1H;/q2*-1;;;+2/p-2. The second kappa shape index (κ2) is 9.78. The summed E-state index contributed by atoms with van der Waals surface area (Å²) in [6.45, 7) is 0. The van der Waals surface area contributed by atoms with Gasteiger partial charge in [-0.3, -0.25) is 0 Å². The van der Waals surface area contributed by atoms with Crippen molar-refractivity contribution in [1.82, 2.24) is 0 Å². The number of hydrogen-bond donors (Lipinski definition) is 0. The Bertz CT molecular complexity index is 945. The molecule has 0 atom stereocenters. The maximum atomic E-state index is 4.89. The Balaban J connectivity index is 0.000000125. The first-order valence-electron chi connectivity index (χ1n) is 9.43. The fourth-order valence-corrected chi connectivity index (χ4v) is 4.00. The van der Waals surface area contributed by atoms with Crippen molar-refractivity contribution in [3.8, 4) is 22.3 Å². The van der Waals surface area contributed by atoms with Crippen molar-refractivity contribution < 1.29 is 17.0 Å². The molecule has 2 aliphatic carbocycles. The van der Waals surface area contributed by atoms with Gasteiger partial charge in [0, 0.05) is 0 Å². The second-order valence-electron chi connectivity index (χ2n) is 6.86. The van der Waals surface area contributed by atoms with Crippen molar-refractivity contribution in [3.05, 3.63) is 119 Å². The van der Waals surface area contributed by atoms with E-state index in [1.807, 2.05) is 12.1 Å². The summed E-state index contributed by atoms with van der Waals surface area (Å²) in [6.07, 6.45) is 2.10. The van der Waals surface area contributed by atoms with E-state index in [0.29, 0.717) is 0 Å². The minimum absolute atomic E-state index is 0.556. The van der Waals surface area contributed by atoms with Crippen LogP contribution in [0.5, 0.6) is 0 Å². The van der Waals surface area contributed by atoms with Crippen molar-refractivity contribution >= 4 is 18.6 Å². The normalized spacial score (nSPS) is 11.5. The maximum Gasteiger partial charge on any atom is -0.0253 e. The van der Waals surface area contributed by atoms with E-state index < -0.39 is 17.0 Å². The van der Waals surface area contributed by atoms with Crippen LogP contribution >= 0.6 is 18.6 Å². The zero-order valence-corrected chi connectivity index (χ0v) is 18.8. The number of hydrogen-bond acceptors (Lipinski definition) is 0. The third-order valence-corrected chi connectivity index (χ3v) is 5.23. The van der Waals surface area contributed by atoms with Crippen LogP contribution in [-0.2, 0) is 29.9 Å². The van der Waals surface area contributed by atoms with Crippen LogP contribution in [0.3, 0.4) is 0 Å². The molecule has 29 heavy (non-hydrogen) atoms. The molecule has 0 amide bonds. The molecule has 0 nitrogen and oxygen atoms in total. The maximum absolute atomic E-state index is 4.89. The van der Waals surface area contributed by atoms with E-state index >= 15 is 0 Å². The fraction of sp³-hybridized carbons (Fsp3) is 0.0769. The Morgan fingerprint density at radius 2 is 0.931 bits per heavy atom. The van der Waals surface area contributed by atoms with Crippen LogP contribution in [0.25, 0.3) is 22.3 Å². The molecule has 2 aliphatic rings. The smallest absolute Gasteiger partial charge is 0.0253 e. The molecule has 0 unspecified atom stereocenters. The molecule has 0 fully saturated rings. The third kappa shape index (κ3) is 4.52. The second-order valence-corrected chi connectivity index (χ2v) is 9.44. The van der Waals surface area contributed by atoms with Gasteiger partial charge >= 0.3 is 35.6 Å². The van der Waals surface area contributed by atoms with Gasteiger partial charge in [0.05, 0.1) is 0 Å². The Labute approximate surface area is 189 Å². The van der Waals surface area contributed by atoms with E-state index in [2.05, 4.69) is 84.9 Å². The molecular weight excluding hydrogens is 431 g/mol. The molecule has 0 heterocycles. The SMILES string of the molecule is [Cl][Ti][Cl].[c-]1cccc2c1Cc1ccccc1-2.[c-]1cccc2c1Cc1ccccc1-2. The van der Waals surface area contributed by atoms with Gasteiger partial charge in [0.25, 0.3) is 0 Å². The van der Waals surface area contributed by atoms with Crippen LogP contribution in [0, 0.1) is 12.1 Å². The molecule has 142 valence electrons. The molecule has 6 rings (SSSR count). The van der Waals surface area contributed by atoms with Crippen molar-refractivity contribution in [2.45, 2.75) is 12.8 Å². The molecule has 4 aromatic carbocycles. The van der Waals surface area contributed by atoms with E-state index in [1.165, 1.54) is 44.5 Å². The Kier molecular flexibility index (Phi) is 6.90. The van der Waals surface area contributed by atoms with Crippen LogP contribution in [0.2, 0.25) is 0 Å². The third-order valence-electron chi connectivity index (χ3n) is 5.23. The summed E-state index contributed by atoms with van der Waals surface area (Å²) in [6, 6.07) is 36.2. The van der Waals surface area contributed by atoms with Gasteiger partial charge in [-0.1, -0.05) is 70.8 Å². The van der Waals surface area contributed by atoms with Crippen molar-refractivity contribution in [2.24, 2.45) is 0 Å². The molecule has 0 saturated carbocycles. The Morgan fingerprint density at radius 1 is 0.552 bits per heavy atom. The minimum atomic E-state index is -0.556. The monoisotopic (exact) mass is 448 g/mol. The summed E-state index contributed by atoms with van der Waals surface area (Å²) in [5.74, 6) is 0. The molecule has 0 N–H and O–H groups in total. The summed E-state index contributed by atoms with van der Waals surface area (Å²) in [4.78, 5) is 0. The van der Waals surface area contributed by atoms with Crippen LogP contribution in [0.4, 0.5) is 0 Å². The molecule has 0 aliphatic heterocycles. The summed E-state index contributed by atoms with van der Waals surface area (Å²) in [5, 5.41) is 0. The van der Waals surface area contributed by atoms with Crippen LogP contribution in [0.15, 0.2) is 84.9 Å². The van der Waals surface area contributed by atoms with Crippen LogP contribution in [-0.4, -0.2) is 0 Å². The van der Waals surface area contributed by atoms with Gasteiger partial charge in [-0.15, -0.1) is 11.1 Å². The number of halogens is 2. The van der Waals surface area contributed by atoms with Crippen LogP contribution in [0.1, 0.15) is 22.3 Å². The van der Waals surface area contributed by atoms with Crippen molar-refractivity contribution in [1.29, 1.82) is 0 Å². The average Bonchev–Trinajstić information content (AvgIpc) is 3.33. The summed E-state index contributed by atoms with van der Waals surface area (Å²) in [5.41, 5.74) is 11.0. The van der Waals surface area contributed by atoms with E-state index in [0.717, 1.165) is 12.8 Å². The quantitative estimate of drug-likeness (QED) is 0.167. The van der Waals surface area contributed by atoms with Gasteiger partial charge in [-0.25, -0.2) is 0 Å². The first-order chi connectivity index (χ1) is 14.3. The largest absolute Gasteiger partial charge is 0.179 e. The van der Waals surface area contributed by atoms with E-state index in [4.69, 9.17) is 18.6 Å². The predicted molar refractivity (Wildman–Crippen MR) is 119 cm³/mol.